The van der Waals surface area contributed by atoms with E-state index in [2.05, 4.69) is 24.3 Å². The fourth-order valence-corrected chi connectivity index (χ4v) is 3.70. The zero-order valence-electron chi connectivity index (χ0n) is 16.6. The van der Waals surface area contributed by atoms with Gasteiger partial charge in [-0.15, -0.1) is 0 Å². The minimum Gasteiger partial charge on any atom is -0.323 e. The lowest BCUT2D eigenvalue weighted by Crippen LogP contribution is -2.22. The molecule has 0 aliphatic rings. The van der Waals surface area contributed by atoms with E-state index in [1.165, 1.54) is 32.3 Å². The number of nitrogens with zero attached hydrogens (tertiary/aromatic N) is 3. The number of carbonyl (C=O) groups excluding carboxylic acids is 1. The van der Waals surface area contributed by atoms with Crippen molar-refractivity contribution in [1.82, 2.24) is 14.1 Å². The molecular weight excluding hydrogens is 400 g/mol. The molecule has 2 aromatic rings. The number of hydrogen-bond acceptors (Lipinski definition) is 4. The third-order valence-electron chi connectivity index (χ3n) is 3.95. The summed E-state index contributed by atoms with van der Waals surface area (Å²) in [6, 6.07) is 5.99. The molecule has 0 atom stereocenters. The molecule has 0 saturated carbocycles. The van der Waals surface area contributed by atoms with Gasteiger partial charge in [0.1, 0.15) is 5.15 Å². The Morgan fingerprint density at radius 1 is 1.29 bits per heavy atom. The number of benzene rings is 1. The van der Waals surface area contributed by atoms with Gasteiger partial charge in [-0.2, -0.15) is 5.10 Å². The first kappa shape index (κ1) is 22.1. The Hall–Kier alpha value is -2.16. The van der Waals surface area contributed by atoms with Crippen molar-refractivity contribution in [2.45, 2.75) is 32.2 Å². The Morgan fingerprint density at radius 3 is 2.43 bits per heavy atom. The maximum atomic E-state index is 12.2. The third kappa shape index (κ3) is 5.21. The predicted molar refractivity (Wildman–Crippen MR) is 112 cm³/mol. The molecule has 1 aromatic carbocycles. The van der Waals surface area contributed by atoms with E-state index in [0.29, 0.717) is 28.9 Å². The van der Waals surface area contributed by atoms with Gasteiger partial charge < -0.3 is 5.32 Å². The quantitative estimate of drug-likeness (QED) is 0.690. The molecule has 0 fully saturated rings. The molecule has 28 heavy (non-hydrogen) atoms. The van der Waals surface area contributed by atoms with Gasteiger partial charge in [-0.25, -0.2) is 12.7 Å². The number of halogens is 1. The molecule has 1 aromatic heterocycles. The van der Waals surface area contributed by atoms with Crippen molar-refractivity contribution in [3.63, 3.8) is 0 Å². The molecule has 0 aliphatic heterocycles. The number of carbonyl (C=O) groups is 1. The number of nitrogens with one attached hydrogen (secondary N) is 1. The van der Waals surface area contributed by atoms with Gasteiger partial charge in [-0.3, -0.25) is 9.48 Å². The van der Waals surface area contributed by atoms with Crippen LogP contribution in [0.4, 0.5) is 5.69 Å². The fourth-order valence-electron chi connectivity index (χ4n) is 2.49. The number of anilines is 1. The lowest BCUT2D eigenvalue weighted by atomic mass is 10.2. The highest BCUT2D eigenvalue weighted by atomic mass is 35.5. The number of amides is 1. The van der Waals surface area contributed by atoms with Crippen molar-refractivity contribution < 1.29 is 13.2 Å². The Morgan fingerprint density at radius 2 is 1.89 bits per heavy atom. The molecule has 0 radical (unpaired) electrons. The van der Waals surface area contributed by atoms with Crippen LogP contribution in [0.25, 0.3) is 6.08 Å². The summed E-state index contributed by atoms with van der Waals surface area (Å²) >= 11 is 6.36. The van der Waals surface area contributed by atoms with Crippen LogP contribution in [0.5, 0.6) is 0 Å². The van der Waals surface area contributed by atoms with Crippen molar-refractivity contribution in [1.29, 1.82) is 0 Å². The summed E-state index contributed by atoms with van der Waals surface area (Å²) < 4.78 is 27.0. The first-order chi connectivity index (χ1) is 13.0. The van der Waals surface area contributed by atoms with Gasteiger partial charge in [-0.1, -0.05) is 25.4 Å². The van der Waals surface area contributed by atoms with Crippen LogP contribution >= 0.6 is 11.6 Å². The van der Waals surface area contributed by atoms with E-state index in [4.69, 9.17) is 11.6 Å². The van der Waals surface area contributed by atoms with Crippen LogP contribution in [0.15, 0.2) is 35.2 Å². The summed E-state index contributed by atoms with van der Waals surface area (Å²) in [6.07, 6.45) is 3.00. The van der Waals surface area contributed by atoms with Gasteiger partial charge in [-0.05, 0) is 43.2 Å². The highest BCUT2D eigenvalue weighted by molar-refractivity contribution is 7.89. The van der Waals surface area contributed by atoms with Crippen LogP contribution < -0.4 is 5.32 Å². The minimum atomic E-state index is -3.50. The van der Waals surface area contributed by atoms with Crippen molar-refractivity contribution in [2.75, 3.05) is 19.4 Å². The van der Waals surface area contributed by atoms with Gasteiger partial charge in [0.25, 0.3) is 0 Å². The molecule has 9 heteroatoms. The molecule has 0 spiro atoms. The summed E-state index contributed by atoms with van der Waals surface area (Å²) in [5, 5.41) is 7.59. The van der Waals surface area contributed by atoms with E-state index in [0.717, 1.165) is 10.00 Å². The highest BCUT2D eigenvalue weighted by Crippen LogP contribution is 2.22. The van der Waals surface area contributed by atoms with Crippen molar-refractivity contribution in [3.05, 3.63) is 46.8 Å². The van der Waals surface area contributed by atoms with E-state index in [1.807, 2.05) is 6.92 Å². The molecular formula is C19H25ClN4O3S. The van der Waals surface area contributed by atoms with Crippen molar-refractivity contribution >= 4 is 39.3 Å². The molecule has 1 amide bonds. The minimum absolute atomic E-state index is 0.158. The Balaban J connectivity index is 2.10. The number of hydrogen-bond donors (Lipinski definition) is 1. The Bertz CT molecular complexity index is 977. The maximum Gasteiger partial charge on any atom is 0.248 e. The highest BCUT2D eigenvalue weighted by Gasteiger charge is 2.17. The Labute approximate surface area is 171 Å². The fraction of sp³-hybridized carbons (Fsp3) is 0.368. The molecule has 0 unspecified atom stereocenters. The van der Waals surface area contributed by atoms with Crippen molar-refractivity contribution in [2.24, 2.45) is 5.92 Å². The second kappa shape index (κ2) is 8.89. The largest absolute Gasteiger partial charge is 0.323 e. The Kier molecular flexibility index (Phi) is 7.03. The number of aryl methyl sites for hydroxylation is 1. The van der Waals surface area contributed by atoms with E-state index < -0.39 is 10.0 Å². The lowest BCUT2D eigenvalue weighted by molar-refractivity contribution is -0.111. The smallest absolute Gasteiger partial charge is 0.248 e. The summed E-state index contributed by atoms with van der Waals surface area (Å²) in [5.74, 6) is 0.0477. The van der Waals surface area contributed by atoms with E-state index >= 15 is 0 Å². The number of rotatable bonds is 7. The SMILES string of the molecule is Cc1nn(CC(C)C)c(Cl)c1/C=C/C(=O)Nc1ccc(S(=O)(=O)N(C)C)cc1. The molecule has 1 N–H and O–H groups in total. The van der Waals surface area contributed by atoms with Crippen LogP contribution in [0.3, 0.4) is 0 Å². The molecule has 7 nitrogen and oxygen atoms in total. The zero-order valence-corrected chi connectivity index (χ0v) is 18.2. The first-order valence-corrected chi connectivity index (χ1v) is 10.6. The normalized spacial score (nSPS) is 12.3. The summed E-state index contributed by atoms with van der Waals surface area (Å²) in [7, 11) is -0.573. The standard InChI is InChI=1S/C19H25ClN4O3S/c1-13(2)12-24-19(20)17(14(3)22-24)10-11-18(25)21-15-6-8-16(9-7-15)28(26,27)23(4)5/h6-11,13H,12H2,1-5H3,(H,21,25)/b11-10+. The predicted octanol–water partition coefficient (Wildman–Crippen LogP) is 3.40. The zero-order chi connectivity index (χ0) is 21.1. The second-order valence-electron chi connectivity index (χ2n) is 7.00. The van der Waals surface area contributed by atoms with Crippen LogP contribution in [0, 0.1) is 12.8 Å². The van der Waals surface area contributed by atoms with Crippen LogP contribution in [0.1, 0.15) is 25.1 Å². The first-order valence-electron chi connectivity index (χ1n) is 8.77. The van der Waals surface area contributed by atoms with Gasteiger partial charge in [0.2, 0.25) is 15.9 Å². The van der Waals surface area contributed by atoms with E-state index in [1.54, 1.807) is 22.9 Å². The van der Waals surface area contributed by atoms with Gasteiger partial charge >= 0.3 is 0 Å². The summed E-state index contributed by atoms with van der Waals surface area (Å²) in [6.45, 7) is 6.68. The molecule has 152 valence electrons. The summed E-state index contributed by atoms with van der Waals surface area (Å²) in [4.78, 5) is 12.3. The number of sulfonamides is 1. The molecule has 0 bridgehead atoms. The lowest BCUT2D eigenvalue weighted by Gasteiger charge is -2.11. The van der Waals surface area contributed by atoms with Crippen molar-refractivity contribution in [3.8, 4) is 0 Å². The summed E-state index contributed by atoms with van der Waals surface area (Å²) in [5.41, 5.74) is 1.93. The average Bonchev–Trinajstić information content (AvgIpc) is 2.86. The van der Waals surface area contributed by atoms with Gasteiger partial charge in [0, 0.05) is 38.0 Å². The molecule has 0 saturated heterocycles. The van der Waals surface area contributed by atoms with Crippen LogP contribution in [0.2, 0.25) is 5.15 Å². The maximum absolute atomic E-state index is 12.2. The third-order valence-corrected chi connectivity index (χ3v) is 6.18. The van der Waals surface area contributed by atoms with Crippen LogP contribution in [-0.4, -0.2) is 42.5 Å². The van der Waals surface area contributed by atoms with E-state index in [9.17, 15) is 13.2 Å². The van der Waals surface area contributed by atoms with Gasteiger partial charge in [0.15, 0.2) is 0 Å². The topological polar surface area (TPSA) is 84.3 Å². The second-order valence-corrected chi connectivity index (χ2v) is 9.51. The average molecular weight is 425 g/mol. The molecule has 1 heterocycles. The van der Waals surface area contributed by atoms with E-state index in [-0.39, 0.29) is 10.8 Å². The molecule has 2 rings (SSSR count). The monoisotopic (exact) mass is 424 g/mol. The number of aromatic nitrogens is 2. The molecule has 0 aliphatic carbocycles. The van der Waals surface area contributed by atoms with Crippen LogP contribution in [-0.2, 0) is 21.4 Å². The van der Waals surface area contributed by atoms with Gasteiger partial charge in [0.05, 0.1) is 10.6 Å².